The molecule has 1 saturated heterocycles. The van der Waals surface area contributed by atoms with E-state index in [1.54, 1.807) is 0 Å². The summed E-state index contributed by atoms with van der Waals surface area (Å²) in [5, 5.41) is 4.51. The Morgan fingerprint density at radius 3 is 2.78 bits per heavy atom. The van der Waals surface area contributed by atoms with Crippen molar-refractivity contribution >= 4 is 5.82 Å². The molecule has 2 heterocycles. The lowest BCUT2D eigenvalue weighted by Crippen LogP contribution is -2.46. The maximum Gasteiger partial charge on any atom is 0.131 e. The summed E-state index contributed by atoms with van der Waals surface area (Å²) in [5.74, 6) is 1.21. The van der Waals surface area contributed by atoms with E-state index in [1.165, 1.54) is 24.2 Å². The van der Waals surface area contributed by atoms with Crippen LogP contribution in [0.4, 0.5) is 5.82 Å². The first kappa shape index (κ1) is 13.4. The molecule has 0 radical (unpaired) electrons. The first-order valence-electron chi connectivity index (χ1n) is 6.68. The molecule has 1 aromatic rings. The molecule has 102 valence electrons. The third-order valence-corrected chi connectivity index (χ3v) is 3.94. The highest BCUT2D eigenvalue weighted by molar-refractivity contribution is 5.50. The van der Waals surface area contributed by atoms with Gasteiger partial charge in [0.05, 0.1) is 5.69 Å². The Labute approximate surface area is 110 Å². The number of nitrogens with two attached hydrogens (primary N) is 1. The molecule has 0 amide bonds. The van der Waals surface area contributed by atoms with Crippen LogP contribution in [0.25, 0.3) is 0 Å². The lowest BCUT2D eigenvalue weighted by Gasteiger charge is -2.37. The summed E-state index contributed by atoms with van der Waals surface area (Å²) in [7, 11) is 6.33. The fourth-order valence-electron chi connectivity index (χ4n) is 2.89. The second kappa shape index (κ2) is 5.28. The normalized spacial score (nSPS) is 20.8. The molecule has 5 nitrogen and oxygen atoms in total. The van der Waals surface area contributed by atoms with Crippen LogP contribution < -0.4 is 10.6 Å². The summed E-state index contributed by atoms with van der Waals surface area (Å²) in [6.45, 7) is 4.78. The van der Waals surface area contributed by atoms with Crippen LogP contribution in [0.3, 0.4) is 0 Å². The number of hydrogen-bond acceptors (Lipinski definition) is 4. The first-order chi connectivity index (χ1) is 8.54. The number of rotatable bonds is 3. The summed E-state index contributed by atoms with van der Waals surface area (Å²) in [4.78, 5) is 4.76. The molecule has 5 heteroatoms. The van der Waals surface area contributed by atoms with E-state index < -0.39 is 0 Å². The minimum absolute atomic E-state index is 0.568. The first-order valence-corrected chi connectivity index (χ1v) is 6.68. The summed E-state index contributed by atoms with van der Waals surface area (Å²) in [5.41, 5.74) is 8.12. The van der Waals surface area contributed by atoms with Crippen LogP contribution in [0.15, 0.2) is 0 Å². The van der Waals surface area contributed by atoms with Crippen molar-refractivity contribution in [2.75, 3.05) is 32.1 Å². The van der Waals surface area contributed by atoms with Crippen LogP contribution in [-0.4, -0.2) is 47.9 Å². The molecule has 0 spiro atoms. The summed E-state index contributed by atoms with van der Waals surface area (Å²) >= 11 is 0. The van der Waals surface area contributed by atoms with Crippen molar-refractivity contribution in [2.24, 2.45) is 12.8 Å². The molecule has 2 rings (SSSR count). The van der Waals surface area contributed by atoms with E-state index in [-0.39, 0.29) is 0 Å². The molecule has 0 saturated carbocycles. The quantitative estimate of drug-likeness (QED) is 0.860. The van der Waals surface area contributed by atoms with Gasteiger partial charge < -0.3 is 15.5 Å². The van der Waals surface area contributed by atoms with Gasteiger partial charge in [-0.05, 0) is 33.9 Å². The lowest BCUT2D eigenvalue weighted by molar-refractivity contribution is 0.256. The zero-order chi connectivity index (χ0) is 13.3. The van der Waals surface area contributed by atoms with E-state index in [0.29, 0.717) is 12.6 Å². The molecule has 1 unspecified atom stereocenters. The van der Waals surface area contributed by atoms with E-state index in [4.69, 9.17) is 5.73 Å². The van der Waals surface area contributed by atoms with Crippen LogP contribution >= 0.6 is 0 Å². The van der Waals surface area contributed by atoms with E-state index in [2.05, 4.69) is 29.0 Å². The number of anilines is 1. The van der Waals surface area contributed by atoms with Gasteiger partial charge in [0.1, 0.15) is 5.82 Å². The molecular formula is C13H25N5. The molecule has 1 atom stereocenters. The molecule has 1 aliphatic rings. The standard InChI is InChI=1S/C13H25N5/c1-10-12(8-14)13(17(4)15-10)18-7-5-6-11(9-18)16(2)3/h11H,5-9,14H2,1-4H3. The van der Waals surface area contributed by atoms with Gasteiger partial charge in [0, 0.05) is 38.3 Å². The van der Waals surface area contributed by atoms with Crippen LogP contribution in [0.5, 0.6) is 0 Å². The lowest BCUT2D eigenvalue weighted by atomic mass is 10.0. The average molecular weight is 251 g/mol. The van der Waals surface area contributed by atoms with E-state index >= 15 is 0 Å². The van der Waals surface area contributed by atoms with Crippen molar-refractivity contribution in [3.63, 3.8) is 0 Å². The van der Waals surface area contributed by atoms with Crippen LogP contribution in [0.1, 0.15) is 24.1 Å². The van der Waals surface area contributed by atoms with Gasteiger partial charge in [0.15, 0.2) is 0 Å². The van der Waals surface area contributed by atoms with Gasteiger partial charge in [0.2, 0.25) is 0 Å². The second-order valence-corrected chi connectivity index (χ2v) is 5.42. The Balaban J connectivity index is 2.25. The van der Waals surface area contributed by atoms with E-state index in [9.17, 15) is 0 Å². The van der Waals surface area contributed by atoms with Crippen molar-refractivity contribution in [3.05, 3.63) is 11.3 Å². The molecule has 2 N–H and O–H groups in total. The van der Waals surface area contributed by atoms with Crippen molar-refractivity contribution in [3.8, 4) is 0 Å². The second-order valence-electron chi connectivity index (χ2n) is 5.42. The number of hydrogen-bond donors (Lipinski definition) is 1. The SMILES string of the molecule is Cc1nn(C)c(N2CCCC(N(C)C)C2)c1CN. The van der Waals surface area contributed by atoms with Crippen LogP contribution in [0.2, 0.25) is 0 Å². The number of nitrogens with zero attached hydrogens (tertiary/aromatic N) is 4. The number of piperidine rings is 1. The molecule has 1 aromatic heterocycles. The molecule has 18 heavy (non-hydrogen) atoms. The van der Waals surface area contributed by atoms with Crippen LogP contribution in [0, 0.1) is 6.92 Å². The topological polar surface area (TPSA) is 50.3 Å². The van der Waals surface area contributed by atoms with Gasteiger partial charge in [-0.1, -0.05) is 0 Å². The third-order valence-electron chi connectivity index (χ3n) is 3.94. The van der Waals surface area contributed by atoms with Gasteiger partial charge in [-0.2, -0.15) is 5.10 Å². The highest BCUT2D eigenvalue weighted by Gasteiger charge is 2.25. The predicted molar refractivity (Wildman–Crippen MR) is 74.8 cm³/mol. The fourth-order valence-corrected chi connectivity index (χ4v) is 2.89. The average Bonchev–Trinajstić information content (AvgIpc) is 2.63. The number of likely N-dealkylation sites (N-methyl/N-ethyl adjacent to an activating group) is 1. The van der Waals surface area contributed by atoms with E-state index in [0.717, 1.165) is 18.8 Å². The molecule has 1 fully saturated rings. The maximum atomic E-state index is 5.88. The van der Waals surface area contributed by atoms with Gasteiger partial charge in [-0.25, -0.2) is 0 Å². The highest BCUT2D eigenvalue weighted by Crippen LogP contribution is 2.26. The monoisotopic (exact) mass is 251 g/mol. The zero-order valence-electron chi connectivity index (χ0n) is 12.0. The van der Waals surface area contributed by atoms with Crippen LogP contribution in [-0.2, 0) is 13.6 Å². The summed E-state index contributed by atoms with van der Waals surface area (Å²) in [6, 6.07) is 0.625. The largest absolute Gasteiger partial charge is 0.355 e. The summed E-state index contributed by atoms with van der Waals surface area (Å²) in [6.07, 6.45) is 2.51. The van der Waals surface area contributed by atoms with Gasteiger partial charge in [-0.15, -0.1) is 0 Å². The zero-order valence-corrected chi connectivity index (χ0v) is 12.0. The Kier molecular flexibility index (Phi) is 3.92. The van der Waals surface area contributed by atoms with Crippen molar-refractivity contribution in [2.45, 2.75) is 32.4 Å². The maximum absolute atomic E-state index is 5.88. The summed E-state index contributed by atoms with van der Waals surface area (Å²) < 4.78 is 1.98. The molecule has 0 bridgehead atoms. The van der Waals surface area contributed by atoms with E-state index in [1.807, 2.05) is 18.7 Å². The smallest absolute Gasteiger partial charge is 0.131 e. The van der Waals surface area contributed by atoms with Crippen molar-refractivity contribution in [1.29, 1.82) is 0 Å². The van der Waals surface area contributed by atoms with Gasteiger partial charge in [0.25, 0.3) is 0 Å². The Morgan fingerprint density at radius 2 is 2.17 bits per heavy atom. The highest BCUT2D eigenvalue weighted by atomic mass is 15.4. The Bertz CT molecular complexity index is 410. The molecule has 0 aliphatic carbocycles. The molecular weight excluding hydrogens is 226 g/mol. The number of aryl methyl sites for hydroxylation is 2. The minimum Gasteiger partial charge on any atom is -0.355 e. The fraction of sp³-hybridized carbons (Fsp3) is 0.769. The minimum atomic E-state index is 0.568. The Hall–Kier alpha value is -1.07. The van der Waals surface area contributed by atoms with Gasteiger partial charge >= 0.3 is 0 Å². The Morgan fingerprint density at radius 1 is 1.44 bits per heavy atom. The van der Waals surface area contributed by atoms with Crippen molar-refractivity contribution < 1.29 is 0 Å². The molecule has 0 aromatic carbocycles. The molecule has 1 aliphatic heterocycles. The predicted octanol–water partition coefficient (Wildman–Crippen LogP) is 0.718. The number of aromatic nitrogens is 2. The third kappa shape index (κ3) is 2.37. The van der Waals surface area contributed by atoms with Crippen molar-refractivity contribution in [1.82, 2.24) is 14.7 Å². The van der Waals surface area contributed by atoms with Gasteiger partial charge in [-0.3, -0.25) is 4.68 Å².